The van der Waals surface area contributed by atoms with Crippen molar-refractivity contribution in [2.24, 2.45) is 17.6 Å². The molecule has 1 fully saturated rings. The van der Waals surface area contributed by atoms with Gasteiger partial charge in [0.15, 0.2) is 11.6 Å². The number of amides is 2. The van der Waals surface area contributed by atoms with Crippen molar-refractivity contribution < 1.29 is 32.7 Å². The molecule has 1 aliphatic heterocycles. The number of aryl methyl sites for hydroxylation is 2. The number of aromatic nitrogens is 1. The van der Waals surface area contributed by atoms with Gasteiger partial charge in [-0.05, 0) is 67.0 Å². The molecular weight excluding hydrogens is 549 g/mol. The number of nitrogens with two attached hydrogens (primary N) is 1. The summed E-state index contributed by atoms with van der Waals surface area (Å²) >= 11 is 0. The lowest BCUT2D eigenvalue weighted by molar-refractivity contribution is -0.124. The van der Waals surface area contributed by atoms with E-state index in [9.17, 15) is 32.7 Å². The molecule has 4 N–H and O–H groups in total. The van der Waals surface area contributed by atoms with Gasteiger partial charge in [0, 0.05) is 19.6 Å². The van der Waals surface area contributed by atoms with E-state index in [1.165, 1.54) is 18.2 Å². The highest BCUT2D eigenvalue weighted by Crippen LogP contribution is 2.35. The van der Waals surface area contributed by atoms with Gasteiger partial charge in [0.2, 0.25) is 5.91 Å². The highest BCUT2D eigenvalue weighted by Gasteiger charge is 2.35. The summed E-state index contributed by atoms with van der Waals surface area (Å²) in [5, 5.41) is 13.1. The van der Waals surface area contributed by atoms with Crippen LogP contribution in [0.15, 0.2) is 42.5 Å². The number of benzene rings is 2. The molecule has 1 saturated heterocycles. The van der Waals surface area contributed by atoms with Gasteiger partial charge in [-0.15, -0.1) is 0 Å². The Kier molecular flexibility index (Phi) is 9.49. The standard InChI is InChI=1S/C31H33F3N4O4/c1-17(2)13-25-26(29(35)39)28(27(31(41)42)24(37-25)10-6-18-3-7-21(32)8-4-18)38-12-11-20(16-38)30(40)36-15-19-5-9-22(33)23(34)14-19/h3-5,7-9,14,17,20H,6,10-13,15-16H2,1-2H3,(H2,35,39)(H,36,40)(H,41,42). The number of halogens is 3. The van der Waals surface area contributed by atoms with Crippen LogP contribution in [-0.4, -0.2) is 41.0 Å². The summed E-state index contributed by atoms with van der Waals surface area (Å²) in [5.41, 5.74) is 7.67. The number of carbonyl (C=O) groups excluding carboxylic acids is 2. The molecule has 4 rings (SSSR count). The minimum absolute atomic E-state index is 0.0131. The number of hydrogen-bond donors (Lipinski definition) is 3. The quantitative estimate of drug-likeness (QED) is 0.307. The van der Waals surface area contributed by atoms with E-state index in [-0.39, 0.29) is 66.2 Å². The van der Waals surface area contributed by atoms with Crippen molar-refractivity contribution in [3.05, 3.63) is 93.6 Å². The second-order valence-corrected chi connectivity index (χ2v) is 10.9. The first-order chi connectivity index (χ1) is 19.9. The third-order valence-electron chi connectivity index (χ3n) is 7.27. The lowest BCUT2D eigenvalue weighted by Gasteiger charge is -2.26. The maximum Gasteiger partial charge on any atom is 0.339 e. The fraction of sp³-hybridized carbons (Fsp3) is 0.355. The monoisotopic (exact) mass is 582 g/mol. The molecule has 8 nitrogen and oxygen atoms in total. The summed E-state index contributed by atoms with van der Waals surface area (Å²) < 4.78 is 40.2. The van der Waals surface area contributed by atoms with E-state index in [1.54, 1.807) is 17.0 Å². The van der Waals surface area contributed by atoms with Crippen LogP contribution in [0, 0.1) is 29.3 Å². The third-order valence-corrected chi connectivity index (χ3v) is 7.27. The normalized spacial score (nSPS) is 14.8. The molecule has 222 valence electrons. The van der Waals surface area contributed by atoms with Gasteiger partial charge < -0.3 is 21.1 Å². The van der Waals surface area contributed by atoms with Crippen LogP contribution >= 0.6 is 0 Å². The van der Waals surface area contributed by atoms with Gasteiger partial charge in [-0.25, -0.2) is 18.0 Å². The first-order valence-electron chi connectivity index (χ1n) is 13.7. The topological polar surface area (TPSA) is 126 Å². The molecule has 1 unspecified atom stereocenters. The van der Waals surface area contributed by atoms with Gasteiger partial charge in [0.25, 0.3) is 5.91 Å². The molecule has 1 aromatic heterocycles. The fourth-order valence-electron chi connectivity index (χ4n) is 5.26. The van der Waals surface area contributed by atoms with Crippen molar-refractivity contribution in [2.75, 3.05) is 18.0 Å². The molecule has 0 saturated carbocycles. The number of primary amides is 1. The molecule has 42 heavy (non-hydrogen) atoms. The molecule has 2 amide bonds. The molecule has 11 heteroatoms. The number of anilines is 1. The second-order valence-electron chi connectivity index (χ2n) is 10.9. The lowest BCUT2D eigenvalue weighted by Crippen LogP contribution is -2.34. The smallest absolute Gasteiger partial charge is 0.339 e. The number of rotatable bonds is 11. The van der Waals surface area contributed by atoms with E-state index in [2.05, 4.69) is 10.3 Å². The SMILES string of the molecule is CC(C)Cc1nc(CCc2ccc(F)cc2)c(C(=O)O)c(N2CCC(C(=O)NCc3ccc(F)c(F)c3)C2)c1C(N)=O. The van der Waals surface area contributed by atoms with Crippen molar-refractivity contribution in [3.8, 4) is 0 Å². The van der Waals surface area contributed by atoms with Gasteiger partial charge in [-0.1, -0.05) is 32.0 Å². The van der Waals surface area contributed by atoms with Gasteiger partial charge >= 0.3 is 5.97 Å². The maximum absolute atomic E-state index is 13.6. The lowest BCUT2D eigenvalue weighted by atomic mass is 9.94. The molecule has 1 aliphatic rings. The molecule has 0 bridgehead atoms. The summed E-state index contributed by atoms with van der Waals surface area (Å²) in [7, 11) is 0. The number of pyridine rings is 1. The first kappa shape index (κ1) is 30.5. The zero-order chi connectivity index (χ0) is 30.6. The Bertz CT molecular complexity index is 1490. The molecule has 3 aromatic rings. The predicted octanol–water partition coefficient (Wildman–Crippen LogP) is 4.42. The summed E-state index contributed by atoms with van der Waals surface area (Å²) in [6.45, 7) is 4.27. The average Bonchev–Trinajstić information content (AvgIpc) is 3.42. The van der Waals surface area contributed by atoms with Crippen LogP contribution in [0.1, 0.15) is 63.5 Å². The van der Waals surface area contributed by atoms with E-state index in [1.807, 2.05) is 13.8 Å². The molecule has 1 atom stereocenters. The largest absolute Gasteiger partial charge is 0.478 e. The number of carbonyl (C=O) groups is 3. The summed E-state index contributed by atoms with van der Waals surface area (Å²) in [4.78, 5) is 44.8. The molecule has 0 radical (unpaired) electrons. The Labute approximate surface area is 241 Å². The van der Waals surface area contributed by atoms with Crippen molar-refractivity contribution in [1.29, 1.82) is 0 Å². The zero-order valence-electron chi connectivity index (χ0n) is 23.4. The van der Waals surface area contributed by atoms with Crippen LogP contribution in [0.2, 0.25) is 0 Å². The van der Waals surface area contributed by atoms with Gasteiger partial charge in [0.05, 0.1) is 28.6 Å². The predicted molar refractivity (Wildman–Crippen MR) is 151 cm³/mol. The van der Waals surface area contributed by atoms with Crippen LogP contribution in [0.4, 0.5) is 18.9 Å². The Balaban J connectivity index is 1.65. The molecule has 0 aliphatic carbocycles. The Morgan fingerprint density at radius 3 is 2.31 bits per heavy atom. The van der Waals surface area contributed by atoms with Crippen molar-refractivity contribution in [1.82, 2.24) is 10.3 Å². The zero-order valence-corrected chi connectivity index (χ0v) is 23.4. The molecule has 2 aromatic carbocycles. The summed E-state index contributed by atoms with van der Waals surface area (Å²) in [6, 6.07) is 9.26. The van der Waals surface area contributed by atoms with E-state index in [0.29, 0.717) is 30.5 Å². The molecule has 0 spiro atoms. The highest BCUT2D eigenvalue weighted by atomic mass is 19.2. The third kappa shape index (κ3) is 7.07. The number of aromatic carboxylic acids is 1. The van der Waals surface area contributed by atoms with Gasteiger partial charge in [0.1, 0.15) is 11.4 Å². The minimum Gasteiger partial charge on any atom is -0.478 e. The fourth-order valence-corrected chi connectivity index (χ4v) is 5.26. The van der Waals surface area contributed by atoms with Crippen LogP contribution in [0.25, 0.3) is 0 Å². The Hall–Kier alpha value is -4.41. The van der Waals surface area contributed by atoms with Crippen LogP contribution in [-0.2, 0) is 30.6 Å². The minimum atomic E-state index is -1.28. The van der Waals surface area contributed by atoms with Crippen LogP contribution in [0.5, 0.6) is 0 Å². The summed E-state index contributed by atoms with van der Waals surface area (Å²) in [5.74, 6) is -5.29. The van der Waals surface area contributed by atoms with Crippen molar-refractivity contribution in [3.63, 3.8) is 0 Å². The average molecular weight is 583 g/mol. The van der Waals surface area contributed by atoms with E-state index < -0.39 is 29.4 Å². The number of nitrogens with one attached hydrogen (secondary N) is 1. The highest BCUT2D eigenvalue weighted by molar-refractivity contribution is 6.07. The second kappa shape index (κ2) is 13.1. The number of carboxylic acids is 1. The first-order valence-corrected chi connectivity index (χ1v) is 13.7. The Morgan fingerprint density at radius 2 is 1.69 bits per heavy atom. The van der Waals surface area contributed by atoms with E-state index >= 15 is 0 Å². The van der Waals surface area contributed by atoms with Gasteiger partial charge in [-0.2, -0.15) is 0 Å². The van der Waals surface area contributed by atoms with Gasteiger partial charge in [-0.3, -0.25) is 14.6 Å². The van der Waals surface area contributed by atoms with E-state index in [0.717, 1.165) is 17.7 Å². The Morgan fingerprint density at radius 1 is 1.00 bits per heavy atom. The number of carboxylic acid groups (broad SMARTS) is 1. The van der Waals surface area contributed by atoms with Crippen LogP contribution in [0.3, 0.4) is 0 Å². The maximum atomic E-state index is 13.6. The summed E-state index contributed by atoms with van der Waals surface area (Å²) in [6.07, 6.45) is 1.35. The van der Waals surface area contributed by atoms with Crippen LogP contribution < -0.4 is 16.0 Å². The molecule has 2 heterocycles. The van der Waals surface area contributed by atoms with Crippen molar-refractivity contribution >= 4 is 23.5 Å². The number of nitrogens with zero attached hydrogens (tertiary/aromatic N) is 2. The van der Waals surface area contributed by atoms with Crippen molar-refractivity contribution in [2.45, 2.75) is 46.1 Å². The molecular formula is C31H33F3N4O4. The number of hydrogen-bond acceptors (Lipinski definition) is 5. The van der Waals surface area contributed by atoms with E-state index in [4.69, 9.17) is 5.73 Å².